The van der Waals surface area contributed by atoms with Crippen molar-refractivity contribution in [3.05, 3.63) is 377 Å². The lowest BCUT2D eigenvalue weighted by Gasteiger charge is -2.57. The lowest BCUT2D eigenvalue weighted by atomic mass is 9.48. The number of carboxylic acid groups (broad SMARTS) is 4. The van der Waals surface area contributed by atoms with Crippen molar-refractivity contribution >= 4 is 93.6 Å². The predicted molar refractivity (Wildman–Crippen MR) is 595 cm³/mol. The van der Waals surface area contributed by atoms with Crippen molar-refractivity contribution < 1.29 is 69.1 Å². The molecule has 0 amide bonds. The Morgan fingerprint density at radius 3 is 1.61 bits per heavy atom. The molecule has 8 aliphatic rings. The van der Waals surface area contributed by atoms with Crippen LogP contribution in [0.1, 0.15) is 339 Å². The first-order valence-corrected chi connectivity index (χ1v) is 49.3. The van der Waals surface area contributed by atoms with Gasteiger partial charge in [0.15, 0.2) is 0 Å². The first kappa shape index (κ1) is 106. The molecule has 10 aromatic rings. The van der Waals surface area contributed by atoms with Crippen molar-refractivity contribution in [1.29, 1.82) is 0 Å². The monoisotopic (exact) mass is 1910 g/mol. The van der Waals surface area contributed by atoms with Crippen LogP contribution in [-0.2, 0) is 42.1 Å². The summed E-state index contributed by atoms with van der Waals surface area (Å²) in [5.41, 5.74) is 30.1. The molecule has 0 aromatic heterocycles. The number of carboxylic acids is 4. The lowest BCUT2D eigenvalue weighted by molar-refractivity contribution is -0.131. The third-order valence-corrected chi connectivity index (χ3v) is 29.9. The molecular weight excluding hydrogens is 1750 g/mol. The summed E-state index contributed by atoms with van der Waals surface area (Å²) in [7, 11) is 8.79. The second kappa shape index (κ2) is 46.2. The van der Waals surface area contributed by atoms with E-state index in [0.717, 1.165) is 91.6 Å². The van der Waals surface area contributed by atoms with Gasteiger partial charge in [-0.1, -0.05) is 302 Å². The fraction of sp³-hybridized carbons (Fsp3) is 0.352. The number of aliphatic hydroxyl groups excluding tert-OH is 1. The second-order valence-corrected chi connectivity index (χ2v) is 43.4. The number of nitrogens with zero attached hydrogens (tertiary/aromatic N) is 1. The van der Waals surface area contributed by atoms with Crippen molar-refractivity contribution in [2.24, 2.45) is 27.8 Å². The van der Waals surface area contributed by atoms with Crippen molar-refractivity contribution in [2.75, 3.05) is 7.11 Å². The number of carbonyl (C=O) groups is 5. The van der Waals surface area contributed by atoms with E-state index in [2.05, 4.69) is 277 Å². The van der Waals surface area contributed by atoms with Crippen LogP contribution < -0.4 is 9.47 Å². The number of aliphatic carboxylic acids is 1. The van der Waals surface area contributed by atoms with Gasteiger partial charge in [-0.25, -0.2) is 19.2 Å². The summed E-state index contributed by atoms with van der Waals surface area (Å²) >= 11 is 0. The van der Waals surface area contributed by atoms with E-state index in [4.69, 9.17) is 32.9 Å². The van der Waals surface area contributed by atoms with E-state index in [-0.39, 0.29) is 52.6 Å². The summed E-state index contributed by atoms with van der Waals surface area (Å²) in [6.07, 6.45) is 40.6. The number of hydrogen-bond acceptors (Lipinski definition) is 9. The number of rotatable bonds is 21. The van der Waals surface area contributed by atoms with Crippen LogP contribution in [0.4, 0.5) is 0 Å². The zero-order valence-corrected chi connectivity index (χ0v) is 85.5. The van der Waals surface area contributed by atoms with Gasteiger partial charge in [-0.3, -0.25) is 4.79 Å². The Bertz CT molecular complexity index is 6500. The predicted octanol–water partition coefficient (Wildman–Crippen LogP) is 33.4. The van der Waals surface area contributed by atoms with Crippen LogP contribution in [0.3, 0.4) is 0 Å². The molecule has 740 valence electrons. The average molecular weight is 1910 g/mol. The van der Waals surface area contributed by atoms with Crippen LogP contribution in [0.15, 0.2) is 282 Å². The quantitative estimate of drug-likeness (QED) is 0.0113. The molecule has 0 spiro atoms. The number of carbonyl (C=O) groups excluding carboxylic acids is 1. The second-order valence-electron chi connectivity index (χ2n) is 43.1. The number of aryl methyl sites for hydroxylation is 1. The highest BCUT2D eigenvalue weighted by atomic mass is 31.0. The maximum Gasteiger partial charge on any atom is 0.335 e. The number of ether oxygens (including phenoxy) is 2. The Morgan fingerprint density at radius 1 is 0.514 bits per heavy atom. The zero-order valence-electron chi connectivity index (χ0n) is 86.5. The van der Waals surface area contributed by atoms with Crippen LogP contribution in [0.2, 0.25) is 0 Å². The molecule has 13 nitrogen and oxygen atoms in total. The molecule has 4 saturated carbocycles. The van der Waals surface area contributed by atoms with Gasteiger partial charge < -0.3 is 39.7 Å². The van der Waals surface area contributed by atoms with Gasteiger partial charge in [0.1, 0.15) is 11.5 Å². The average Bonchev–Trinajstić information content (AvgIpc) is 0.724. The molecule has 5 N–H and O–H groups in total. The standard InChI is InChI=1S/C28H28O3.C28H26O2.C24H28O3.C24H28O2.C20H28O2.CH4.BHNP.6H2/c1-30-27-7-5-24(21-2-3-23-12-25(31-17-29)6-4-22(23)11-21)13-26(27)28-14-18-8-19(15-28)10-20(9-18)16-28;1-19-17-23(27(29)30)13-12-21(19)11-9-20-10-14-26-25(18-20)24(15-16-28(26,2)3)22-7-5-4-6-8-22;1-23(2)13-14-24(3,4)20-15-18(10-11-19(20)23)21(25)12-7-16-5-8-17(9-6-16)22(26)27;1-16(14-17-6-8-18(9-7-17)22(25)26)19-10-11-20-21(15-19)24(4,5)13-12-23(20,2)3;1-15(8-6-9-16(2)14-19(21)22)11-12-18-17(3)10-7-13-20(18,4)5;;1-2-3;;;;;;/h2-7,11-13,17-20H,8-10,14-16H2,1H3;4-15,17-18H,16H2,1-3H3,(H,29,30);5-12,15,21,25H,13-14H2,1-4H3,(H,26,27);6-11,14-15H,12-13H2,1-5H3,(H,25,26);6,8-9,11-12,14H,7,10,13H2,1-5H3,(H,21,22);1H4;3H;6*1H/b;11-9+;12-7+;16-14+;9-6+,12-11+,15-8-,16-14+;;;;;;;;/i;;;;;;;1+2T;;;;;. The zero-order chi connectivity index (χ0) is 103. The summed E-state index contributed by atoms with van der Waals surface area (Å²) in [4.78, 5) is 54.2. The van der Waals surface area contributed by atoms with Crippen molar-refractivity contribution in [2.45, 2.75) is 254 Å². The Labute approximate surface area is 846 Å². The van der Waals surface area contributed by atoms with Gasteiger partial charge in [-0.15, -0.1) is 0 Å². The number of methoxy groups -OCH3 is 1. The largest absolute Gasteiger partial charge is 0.496 e. The van der Waals surface area contributed by atoms with E-state index in [1.807, 2.05) is 74.7 Å². The van der Waals surface area contributed by atoms with Crippen LogP contribution in [0, 0.1) is 30.1 Å². The van der Waals surface area contributed by atoms with Gasteiger partial charge in [-0.05, 0) is 384 Å². The van der Waals surface area contributed by atoms with Gasteiger partial charge in [0.05, 0.1) is 29.9 Å². The van der Waals surface area contributed by atoms with Crippen LogP contribution in [0.25, 0.3) is 57.3 Å². The Morgan fingerprint density at radius 2 is 1.04 bits per heavy atom. The van der Waals surface area contributed by atoms with E-state index in [0.29, 0.717) is 28.8 Å². The van der Waals surface area contributed by atoms with Crippen LogP contribution >= 0.6 is 9.03 Å². The Hall–Kier alpha value is -12.6. The van der Waals surface area contributed by atoms with Crippen LogP contribution in [-0.4, -0.2) is 71.0 Å². The molecule has 15 heteroatoms. The molecule has 0 heterocycles. The molecule has 18 rings (SSSR count). The molecule has 1 unspecified atom stereocenters. The summed E-state index contributed by atoms with van der Waals surface area (Å²) in [5, 5.41) is 48.7. The van der Waals surface area contributed by atoms with E-state index in [1.165, 1.54) is 167 Å². The van der Waals surface area contributed by atoms with Gasteiger partial charge in [0.2, 0.25) is 0 Å². The number of fused-ring (bicyclic) bond motifs is 4. The maximum atomic E-state index is 11.2. The molecule has 1 atom stereocenters. The highest BCUT2D eigenvalue weighted by Crippen LogP contribution is 2.63. The highest BCUT2D eigenvalue weighted by molar-refractivity contribution is 7.05. The number of allylic oxidation sites excluding steroid dienone is 11. The lowest BCUT2D eigenvalue weighted by Crippen LogP contribution is -2.48. The third-order valence-electron chi connectivity index (χ3n) is 29.9. The smallest absolute Gasteiger partial charge is 0.335 e. The fourth-order valence-electron chi connectivity index (χ4n) is 22.0. The highest BCUT2D eigenvalue weighted by Gasteiger charge is 2.53. The fourth-order valence-corrected chi connectivity index (χ4v) is 22.0. The van der Waals surface area contributed by atoms with Crippen molar-refractivity contribution in [3.8, 4) is 22.6 Å². The van der Waals surface area contributed by atoms with Gasteiger partial charge in [-0.2, -0.15) is 0 Å². The molecule has 10 aromatic carbocycles. The maximum absolute atomic E-state index is 11.2. The molecule has 140 heavy (non-hydrogen) atoms. The molecule has 0 aliphatic heterocycles. The normalized spacial score (nSPS) is 19.9. The number of aromatic carboxylic acids is 3. The first-order chi connectivity index (χ1) is 66.8. The Kier molecular flexibility index (Phi) is 35.1. The minimum absolute atomic E-state index is 0. The SMILES string of the molecule is C.C/C(=C\c1ccc(C(=O)O)cc1)c1ccc2c(c1)C(C)(C)CCC2(C)C.CC1(C)CCC(C)(C)c2cc(C(O)/C=C/c3ccc(C(=O)O)cc3)ccc21.CC1=C(/C=C/C(C)=C\C=C\C(C)=C\C(=O)O)C(C)(C)CCC1.COc1ccc(-c2ccc3cc(OC=O)ccc3c2)cc1C12CC3CC(CC(C3)C1)C2.Cc1cc(C(=O)O)ccc1/C=C/c1ccc2c(c1)C(c1ccccc1)=CCC2(C)C.[3H][3H].[B]N=P.[HH].[HH].[HH].[HH].[HH]. The number of benzene rings is 10. The molecule has 4 fully saturated rings. The number of aliphatic hydroxyl groups is 1. The summed E-state index contributed by atoms with van der Waals surface area (Å²) in [6.45, 7) is 38.3. The summed E-state index contributed by atoms with van der Waals surface area (Å²) in [5.74, 6) is 0.706. The Balaban J connectivity index is 0.000000318. The topological polar surface area (TPSA) is 217 Å². The van der Waals surface area contributed by atoms with E-state index >= 15 is 0 Å². The van der Waals surface area contributed by atoms with Crippen molar-refractivity contribution in [3.63, 3.8) is 0 Å². The molecular formula is C125H155BNO12P. The molecule has 4 bridgehead atoms. The van der Waals surface area contributed by atoms with E-state index < -0.39 is 30.0 Å². The van der Waals surface area contributed by atoms with Crippen molar-refractivity contribution in [1.82, 2.24) is 0 Å². The number of hydrogen-bond donors (Lipinski definition) is 5. The van der Waals surface area contributed by atoms with Gasteiger partial charge in [0.25, 0.3) is 14.5 Å². The molecule has 8 aliphatic carbocycles. The summed E-state index contributed by atoms with van der Waals surface area (Å²) in [6, 6.07) is 68.4. The molecule has 2 radical (unpaired) electrons. The van der Waals surface area contributed by atoms with Gasteiger partial charge >= 0.3 is 23.9 Å². The van der Waals surface area contributed by atoms with Crippen LogP contribution in [0.5, 0.6) is 11.5 Å². The van der Waals surface area contributed by atoms with E-state index in [9.17, 15) is 29.1 Å². The first-order valence-electron chi connectivity index (χ1n) is 49.8. The summed E-state index contributed by atoms with van der Waals surface area (Å²) < 4.78 is 23.7. The van der Waals surface area contributed by atoms with E-state index in [1.54, 1.807) is 67.6 Å². The minimum Gasteiger partial charge on any atom is -0.496 e. The van der Waals surface area contributed by atoms with Gasteiger partial charge in [0, 0.05) is 21.7 Å². The third kappa shape index (κ3) is 26.9. The minimum atomic E-state index is -0.940. The molecule has 0 saturated heterocycles.